The van der Waals surface area contributed by atoms with E-state index in [1.807, 2.05) is 0 Å². The van der Waals surface area contributed by atoms with Crippen LogP contribution in [0, 0.1) is 5.41 Å². The van der Waals surface area contributed by atoms with Crippen LogP contribution in [0.2, 0.25) is 0 Å². The molecule has 0 aromatic carbocycles. The molecule has 1 aliphatic carbocycles. The highest BCUT2D eigenvalue weighted by molar-refractivity contribution is 4.93. The molecular weight excluding hydrogens is 236 g/mol. The zero-order valence-corrected chi connectivity index (χ0v) is 13.2. The van der Waals surface area contributed by atoms with Crippen molar-refractivity contribution < 1.29 is 4.74 Å². The van der Waals surface area contributed by atoms with E-state index < -0.39 is 0 Å². The molecule has 0 amide bonds. The fraction of sp³-hybridized carbons (Fsp3) is 1.00. The lowest BCUT2D eigenvalue weighted by Crippen LogP contribution is -2.54. The molecule has 1 N–H and O–H groups in total. The van der Waals surface area contributed by atoms with Crippen LogP contribution in [0.3, 0.4) is 0 Å². The second kappa shape index (κ2) is 6.55. The Hall–Kier alpha value is -0.120. The Bertz CT molecular complexity index is 280. The van der Waals surface area contributed by atoms with Crippen LogP contribution in [0.4, 0.5) is 0 Å². The summed E-state index contributed by atoms with van der Waals surface area (Å²) in [5, 5.41) is 3.66. The van der Waals surface area contributed by atoms with Crippen molar-refractivity contribution in [2.75, 3.05) is 26.2 Å². The normalized spacial score (nSPS) is 30.3. The fourth-order valence-electron chi connectivity index (χ4n) is 3.50. The molecule has 19 heavy (non-hydrogen) atoms. The van der Waals surface area contributed by atoms with Gasteiger partial charge in [-0.1, -0.05) is 20.8 Å². The Morgan fingerprint density at radius 2 is 2.16 bits per heavy atom. The first-order chi connectivity index (χ1) is 9.04. The van der Waals surface area contributed by atoms with E-state index in [9.17, 15) is 0 Å². The smallest absolute Gasteiger partial charge is 0.0730 e. The molecule has 0 spiro atoms. The van der Waals surface area contributed by atoms with Crippen molar-refractivity contribution in [1.29, 1.82) is 0 Å². The van der Waals surface area contributed by atoms with Gasteiger partial charge in [-0.05, 0) is 44.6 Å². The molecule has 3 nitrogen and oxygen atoms in total. The SMILES string of the molecule is CCCNC(C)C(C)(C)CN1CCOC2CCCC21. The van der Waals surface area contributed by atoms with Crippen LogP contribution in [0.25, 0.3) is 0 Å². The zero-order chi connectivity index (χ0) is 13.9. The first-order valence-corrected chi connectivity index (χ1v) is 8.13. The first-order valence-electron chi connectivity index (χ1n) is 8.13. The van der Waals surface area contributed by atoms with Crippen molar-refractivity contribution in [2.24, 2.45) is 5.41 Å². The van der Waals surface area contributed by atoms with E-state index in [-0.39, 0.29) is 0 Å². The van der Waals surface area contributed by atoms with E-state index in [0.717, 1.165) is 19.7 Å². The predicted octanol–water partition coefficient (Wildman–Crippen LogP) is 2.65. The average molecular weight is 268 g/mol. The monoisotopic (exact) mass is 268 g/mol. The summed E-state index contributed by atoms with van der Waals surface area (Å²) in [7, 11) is 0. The molecule has 1 saturated carbocycles. The van der Waals surface area contributed by atoms with Gasteiger partial charge in [0.1, 0.15) is 0 Å². The predicted molar refractivity (Wildman–Crippen MR) is 80.5 cm³/mol. The van der Waals surface area contributed by atoms with Gasteiger partial charge in [-0.3, -0.25) is 4.90 Å². The number of nitrogens with one attached hydrogen (secondary N) is 1. The van der Waals surface area contributed by atoms with Crippen molar-refractivity contribution in [3.63, 3.8) is 0 Å². The van der Waals surface area contributed by atoms with E-state index in [0.29, 0.717) is 23.6 Å². The summed E-state index contributed by atoms with van der Waals surface area (Å²) < 4.78 is 5.91. The number of morpholine rings is 1. The molecule has 1 heterocycles. The number of rotatable bonds is 6. The number of hydrogen-bond acceptors (Lipinski definition) is 3. The molecule has 3 atom stereocenters. The molecule has 0 aromatic heterocycles. The van der Waals surface area contributed by atoms with Crippen LogP contribution in [-0.2, 0) is 4.74 Å². The summed E-state index contributed by atoms with van der Waals surface area (Å²) in [6.07, 6.45) is 5.67. The minimum Gasteiger partial charge on any atom is -0.375 e. The summed E-state index contributed by atoms with van der Waals surface area (Å²) in [6.45, 7) is 13.7. The molecule has 1 aliphatic heterocycles. The third kappa shape index (κ3) is 3.71. The van der Waals surface area contributed by atoms with E-state index in [2.05, 4.69) is 37.9 Å². The van der Waals surface area contributed by atoms with Crippen molar-refractivity contribution in [2.45, 2.75) is 71.6 Å². The average Bonchev–Trinajstić information content (AvgIpc) is 2.84. The van der Waals surface area contributed by atoms with Crippen LogP contribution < -0.4 is 5.32 Å². The zero-order valence-electron chi connectivity index (χ0n) is 13.2. The van der Waals surface area contributed by atoms with Gasteiger partial charge in [-0.15, -0.1) is 0 Å². The molecule has 2 fully saturated rings. The number of ether oxygens (including phenoxy) is 1. The number of nitrogens with zero attached hydrogens (tertiary/aromatic N) is 1. The van der Waals surface area contributed by atoms with Crippen molar-refractivity contribution in [1.82, 2.24) is 10.2 Å². The number of hydrogen-bond donors (Lipinski definition) is 1. The Morgan fingerprint density at radius 1 is 1.37 bits per heavy atom. The quantitative estimate of drug-likeness (QED) is 0.801. The molecule has 3 heteroatoms. The third-order valence-corrected chi connectivity index (χ3v) is 5.08. The summed E-state index contributed by atoms with van der Waals surface area (Å²) in [5.41, 5.74) is 0.319. The maximum atomic E-state index is 5.91. The minimum atomic E-state index is 0.319. The van der Waals surface area contributed by atoms with Crippen LogP contribution >= 0.6 is 0 Å². The number of fused-ring (bicyclic) bond motifs is 1. The van der Waals surface area contributed by atoms with Crippen LogP contribution in [0.5, 0.6) is 0 Å². The molecule has 2 aliphatic rings. The molecule has 3 unspecified atom stereocenters. The van der Waals surface area contributed by atoms with Crippen molar-refractivity contribution in [3.05, 3.63) is 0 Å². The lowest BCUT2D eigenvalue weighted by atomic mass is 9.84. The first kappa shape index (κ1) is 15.3. The minimum absolute atomic E-state index is 0.319. The van der Waals surface area contributed by atoms with Gasteiger partial charge in [-0.2, -0.15) is 0 Å². The van der Waals surface area contributed by atoms with Gasteiger partial charge >= 0.3 is 0 Å². The topological polar surface area (TPSA) is 24.5 Å². The van der Waals surface area contributed by atoms with E-state index in [4.69, 9.17) is 4.74 Å². The standard InChI is InChI=1S/C16H32N2O/c1-5-9-17-13(2)16(3,4)12-18-10-11-19-15-8-6-7-14(15)18/h13-15,17H,5-12H2,1-4H3. The van der Waals surface area contributed by atoms with Gasteiger partial charge in [0.25, 0.3) is 0 Å². The lowest BCUT2D eigenvalue weighted by molar-refractivity contribution is -0.0682. The summed E-state index contributed by atoms with van der Waals surface area (Å²) in [6, 6.07) is 1.25. The van der Waals surface area contributed by atoms with Gasteiger partial charge in [-0.25, -0.2) is 0 Å². The Kier molecular flexibility index (Phi) is 5.27. The van der Waals surface area contributed by atoms with E-state index in [1.54, 1.807) is 0 Å². The lowest BCUT2D eigenvalue weighted by Gasteiger charge is -2.44. The van der Waals surface area contributed by atoms with Crippen LogP contribution in [0.1, 0.15) is 53.4 Å². The highest BCUT2D eigenvalue weighted by Crippen LogP contribution is 2.32. The van der Waals surface area contributed by atoms with Gasteiger partial charge < -0.3 is 10.1 Å². The highest BCUT2D eigenvalue weighted by Gasteiger charge is 2.39. The third-order valence-electron chi connectivity index (χ3n) is 5.08. The maximum absolute atomic E-state index is 5.91. The highest BCUT2D eigenvalue weighted by atomic mass is 16.5. The largest absolute Gasteiger partial charge is 0.375 e. The van der Waals surface area contributed by atoms with Crippen LogP contribution in [0.15, 0.2) is 0 Å². The molecule has 1 saturated heterocycles. The van der Waals surface area contributed by atoms with Gasteiger partial charge in [0.05, 0.1) is 12.7 Å². The Balaban J connectivity index is 1.90. The molecule has 0 bridgehead atoms. The summed E-state index contributed by atoms with van der Waals surface area (Å²) >= 11 is 0. The van der Waals surface area contributed by atoms with Crippen molar-refractivity contribution >= 4 is 0 Å². The van der Waals surface area contributed by atoms with E-state index >= 15 is 0 Å². The molecule has 112 valence electrons. The maximum Gasteiger partial charge on any atom is 0.0730 e. The van der Waals surface area contributed by atoms with Crippen LogP contribution in [-0.4, -0.2) is 49.3 Å². The summed E-state index contributed by atoms with van der Waals surface area (Å²) in [5.74, 6) is 0. The molecule has 2 rings (SSSR count). The van der Waals surface area contributed by atoms with E-state index in [1.165, 1.54) is 32.2 Å². The van der Waals surface area contributed by atoms with Gasteiger partial charge in [0, 0.05) is 25.2 Å². The Morgan fingerprint density at radius 3 is 2.89 bits per heavy atom. The van der Waals surface area contributed by atoms with Gasteiger partial charge in [0.15, 0.2) is 0 Å². The molecule has 0 aromatic rings. The molecular formula is C16H32N2O. The fourth-order valence-corrected chi connectivity index (χ4v) is 3.50. The van der Waals surface area contributed by atoms with Crippen molar-refractivity contribution in [3.8, 4) is 0 Å². The molecule has 0 radical (unpaired) electrons. The second-order valence-electron chi connectivity index (χ2n) is 7.04. The Labute approximate surface area is 119 Å². The second-order valence-corrected chi connectivity index (χ2v) is 7.04. The van der Waals surface area contributed by atoms with Gasteiger partial charge in [0.2, 0.25) is 0 Å². The summed E-state index contributed by atoms with van der Waals surface area (Å²) in [4.78, 5) is 2.70.